The highest BCUT2D eigenvalue weighted by Gasteiger charge is 2.35. The molecule has 2 fully saturated rings. The number of hydrogen-bond donors (Lipinski definition) is 1. The summed E-state index contributed by atoms with van der Waals surface area (Å²) in [4.78, 5) is 21.7. The van der Waals surface area contributed by atoms with E-state index in [1.165, 1.54) is 12.1 Å². The lowest BCUT2D eigenvalue weighted by Gasteiger charge is -2.40. The number of amides is 2. The number of nitrogens with zero attached hydrogens (tertiary/aromatic N) is 4. The Bertz CT molecular complexity index is 1220. The lowest BCUT2D eigenvalue weighted by atomic mass is 9.83. The summed E-state index contributed by atoms with van der Waals surface area (Å²) in [6.45, 7) is 3.50. The van der Waals surface area contributed by atoms with Crippen LogP contribution in [0.2, 0.25) is 0 Å². The number of nitrogens with two attached hydrogens (primary N) is 1. The molecule has 2 aromatic carbocycles. The van der Waals surface area contributed by atoms with Gasteiger partial charge in [-0.1, -0.05) is 24.3 Å². The van der Waals surface area contributed by atoms with E-state index in [0.29, 0.717) is 52.4 Å². The molecule has 0 spiro atoms. The number of hydrogen-bond acceptors (Lipinski definition) is 5. The van der Waals surface area contributed by atoms with Crippen LogP contribution in [0.4, 0.5) is 18.0 Å². The summed E-state index contributed by atoms with van der Waals surface area (Å²) < 4.78 is 49.2. The smallest absolute Gasteiger partial charge is 0.406 e. The van der Waals surface area contributed by atoms with E-state index in [9.17, 15) is 18.0 Å². The minimum absolute atomic E-state index is 0.0468. The van der Waals surface area contributed by atoms with E-state index in [2.05, 4.69) is 9.72 Å². The third-order valence-electron chi connectivity index (χ3n) is 7.08. The zero-order chi connectivity index (χ0) is 26.7. The third kappa shape index (κ3) is 6.11. The number of aromatic nitrogens is 2. The summed E-state index contributed by atoms with van der Waals surface area (Å²) in [7, 11) is 0. The summed E-state index contributed by atoms with van der Waals surface area (Å²) >= 11 is 0. The number of alkyl halides is 3. The van der Waals surface area contributed by atoms with Crippen LogP contribution < -0.4 is 10.5 Å². The molecule has 2 atom stereocenters. The molecule has 1 aromatic heterocycles. The zero-order valence-corrected chi connectivity index (χ0v) is 20.8. The monoisotopic (exact) mass is 529 g/mol. The number of likely N-dealkylation sites (tertiary alicyclic amines) is 1. The van der Waals surface area contributed by atoms with Gasteiger partial charge in [-0.3, -0.25) is 0 Å². The molecule has 38 heavy (non-hydrogen) atoms. The van der Waals surface area contributed by atoms with Crippen molar-refractivity contribution >= 4 is 6.03 Å². The lowest BCUT2D eigenvalue weighted by molar-refractivity contribution is -0.274. The fourth-order valence-corrected chi connectivity index (χ4v) is 5.10. The number of carbonyl (C=O) groups excluding carboxylic acids is 1. The van der Waals surface area contributed by atoms with Gasteiger partial charge in [0.15, 0.2) is 0 Å². The molecule has 2 aliphatic rings. The van der Waals surface area contributed by atoms with E-state index in [1.54, 1.807) is 23.4 Å². The molecule has 0 radical (unpaired) electrons. The highest BCUT2D eigenvalue weighted by molar-refractivity contribution is 5.75. The van der Waals surface area contributed by atoms with Gasteiger partial charge in [0.25, 0.3) is 0 Å². The van der Waals surface area contributed by atoms with E-state index in [1.807, 2.05) is 39.9 Å². The van der Waals surface area contributed by atoms with Gasteiger partial charge < -0.3 is 29.6 Å². The van der Waals surface area contributed by atoms with E-state index in [4.69, 9.17) is 10.5 Å². The molecule has 202 valence electrons. The van der Waals surface area contributed by atoms with Gasteiger partial charge in [-0.25, -0.2) is 9.78 Å². The quantitative estimate of drug-likeness (QED) is 0.534. The largest absolute Gasteiger partial charge is 0.573 e. The highest BCUT2D eigenvalue weighted by atomic mass is 19.4. The minimum Gasteiger partial charge on any atom is -0.406 e. The number of halogens is 3. The van der Waals surface area contributed by atoms with Crippen molar-refractivity contribution in [2.45, 2.75) is 31.2 Å². The Labute approximate surface area is 218 Å². The average molecular weight is 530 g/mol. The standard InChI is InChI=1S/C27H30F3N5O3/c28-27(29,30)38-24-7-3-20(4-8-24)21-13-22(16-34(15-21)26(36)33-9-11-37-12-10-33)25-17-35(18-32-25)23-5-1-19(14-31)2-6-23/h1-8,17-18,21-22H,9-16,31H2. The summed E-state index contributed by atoms with van der Waals surface area (Å²) in [5, 5.41) is 0. The molecule has 2 N–H and O–H groups in total. The van der Waals surface area contributed by atoms with Crippen molar-refractivity contribution in [1.29, 1.82) is 0 Å². The van der Waals surface area contributed by atoms with Crippen molar-refractivity contribution in [2.75, 3.05) is 39.4 Å². The van der Waals surface area contributed by atoms with Crippen molar-refractivity contribution < 1.29 is 27.4 Å². The van der Waals surface area contributed by atoms with E-state index in [0.717, 1.165) is 22.5 Å². The minimum atomic E-state index is -4.75. The predicted octanol–water partition coefficient (Wildman–Crippen LogP) is 4.25. The van der Waals surface area contributed by atoms with Crippen LogP contribution in [-0.2, 0) is 11.3 Å². The summed E-state index contributed by atoms with van der Waals surface area (Å²) in [5.41, 5.74) is 9.40. The molecule has 2 aliphatic heterocycles. The number of ether oxygens (including phenoxy) is 2. The second-order valence-corrected chi connectivity index (χ2v) is 9.61. The molecule has 0 bridgehead atoms. The molecule has 2 saturated heterocycles. The highest BCUT2D eigenvalue weighted by Crippen LogP contribution is 2.37. The molecule has 8 nitrogen and oxygen atoms in total. The Morgan fingerprint density at radius 2 is 1.68 bits per heavy atom. The maximum atomic E-state index is 13.4. The number of imidazole rings is 1. The molecule has 0 aliphatic carbocycles. The van der Waals surface area contributed by atoms with Crippen LogP contribution in [0, 0.1) is 0 Å². The molecular weight excluding hydrogens is 499 g/mol. The second kappa shape index (κ2) is 11.0. The fourth-order valence-electron chi connectivity index (χ4n) is 5.10. The number of urea groups is 1. The number of benzene rings is 2. The first-order valence-electron chi connectivity index (χ1n) is 12.6. The number of piperidine rings is 1. The van der Waals surface area contributed by atoms with Crippen molar-refractivity contribution in [3.63, 3.8) is 0 Å². The second-order valence-electron chi connectivity index (χ2n) is 9.61. The first-order chi connectivity index (χ1) is 18.3. The molecular formula is C27H30F3N5O3. The number of morpholine rings is 1. The van der Waals surface area contributed by atoms with E-state index >= 15 is 0 Å². The summed E-state index contributed by atoms with van der Waals surface area (Å²) in [6, 6.07) is 13.8. The SMILES string of the molecule is NCc1ccc(-n2cnc(C3CC(c4ccc(OC(F)(F)F)cc4)CN(C(=O)N4CCOCC4)C3)c2)cc1. The zero-order valence-electron chi connectivity index (χ0n) is 20.8. The Hall–Kier alpha value is -3.57. The average Bonchev–Trinajstić information content (AvgIpc) is 3.43. The number of carbonyl (C=O) groups is 1. The number of rotatable bonds is 5. The Morgan fingerprint density at radius 1 is 1.00 bits per heavy atom. The van der Waals surface area contributed by atoms with Crippen molar-refractivity contribution in [3.05, 3.63) is 77.9 Å². The lowest BCUT2D eigenvalue weighted by Crippen LogP contribution is -2.52. The van der Waals surface area contributed by atoms with Crippen molar-refractivity contribution in [2.24, 2.45) is 5.73 Å². The molecule has 3 aromatic rings. The molecule has 2 amide bonds. The van der Waals surface area contributed by atoms with Gasteiger partial charge in [0.1, 0.15) is 5.75 Å². The Kier molecular flexibility index (Phi) is 7.57. The van der Waals surface area contributed by atoms with Crippen LogP contribution in [0.1, 0.15) is 35.1 Å². The Morgan fingerprint density at radius 3 is 2.34 bits per heavy atom. The maximum absolute atomic E-state index is 13.4. The van der Waals surface area contributed by atoms with Crippen LogP contribution in [0.25, 0.3) is 5.69 Å². The first kappa shape index (κ1) is 26.1. The van der Waals surface area contributed by atoms with Gasteiger partial charge in [0.2, 0.25) is 0 Å². The topological polar surface area (TPSA) is 85.9 Å². The van der Waals surface area contributed by atoms with Crippen LogP contribution in [0.3, 0.4) is 0 Å². The van der Waals surface area contributed by atoms with Gasteiger partial charge in [-0.2, -0.15) is 0 Å². The molecule has 11 heteroatoms. The van der Waals surface area contributed by atoms with Crippen LogP contribution >= 0.6 is 0 Å². The summed E-state index contributed by atoms with van der Waals surface area (Å²) in [5.74, 6) is -0.392. The van der Waals surface area contributed by atoms with Crippen LogP contribution in [-0.4, -0.2) is 71.1 Å². The van der Waals surface area contributed by atoms with E-state index < -0.39 is 6.36 Å². The van der Waals surface area contributed by atoms with Gasteiger partial charge >= 0.3 is 12.4 Å². The maximum Gasteiger partial charge on any atom is 0.573 e. The molecule has 5 rings (SSSR count). The predicted molar refractivity (Wildman–Crippen MR) is 134 cm³/mol. The van der Waals surface area contributed by atoms with Gasteiger partial charge in [-0.05, 0) is 41.8 Å². The normalized spacial score (nSPS) is 20.4. The van der Waals surface area contributed by atoms with Crippen LogP contribution in [0.5, 0.6) is 5.75 Å². The fraction of sp³-hybridized carbons (Fsp3) is 0.407. The molecule has 2 unspecified atom stereocenters. The third-order valence-corrected chi connectivity index (χ3v) is 7.08. The first-order valence-corrected chi connectivity index (χ1v) is 12.6. The van der Waals surface area contributed by atoms with Gasteiger partial charge in [-0.15, -0.1) is 13.2 Å². The Balaban J connectivity index is 1.38. The van der Waals surface area contributed by atoms with E-state index in [-0.39, 0.29) is 23.6 Å². The summed E-state index contributed by atoms with van der Waals surface area (Å²) in [6.07, 6.45) is -0.312. The molecule has 0 saturated carbocycles. The van der Waals surface area contributed by atoms with Crippen molar-refractivity contribution in [1.82, 2.24) is 19.4 Å². The molecule has 3 heterocycles. The van der Waals surface area contributed by atoms with Crippen molar-refractivity contribution in [3.8, 4) is 11.4 Å². The van der Waals surface area contributed by atoms with Crippen LogP contribution in [0.15, 0.2) is 61.1 Å². The van der Waals surface area contributed by atoms with Gasteiger partial charge in [0.05, 0.1) is 25.2 Å². The van der Waals surface area contributed by atoms with Gasteiger partial charge in [0, 0.05) is 56.4 Å².